The second kappa shape index (κ2) is 11.7. The molecule has 0 bridgehead atoms. The van der Waals surface area contributed by atoms with Gasteiger partial charge >= 0.3 is 0 Å². The van der Waals surface area contributed by atoms with Crippen molar-refractivity contribution in [1.82, 2.24) is 0 Å². The standard InChI is InChI=1S/C42H41NO/c1-4-12-31(13-5-1)32-18-22-35(23-19-32)43(37-26-27-41-39(30-37)38-16-8-9-17-40(38)44-41)36-24-20-34(21-25-36)42(28-10-3-11-29-42)33-14-6-2-7-15-33/h2,6-9,14-27,30-31H,1,3-5,10-13,28-29H2. The number of fused-ring (bicyclic) bond motifs is 3. The van der Waals surface area contributed by atoms with Crippen LogP contribution in [0.3, 0.4) is 0 Å². The van der Waals surface area contributed by atoms with Crippen LogP contribution in [0.25, 0.3) is 21.9 Å². The van der Waals surface area contributed by atoms with E-state index in [1.54, 1.807) is 0 Å². The zero-order valence-corrected chi connectivity index (χ0v) is 25.6. The third-order valence-corrected chi connectivity index (χ3v) is 10.6. The van der Waals surface area contributed by atoms with Crippen molar-refractivity contribution in [3.05, 3.63) is 138 Å². The topological polar surface area (TPSA) is 16.4 Å². The summed E-state index contributed by atoms with van der Waals surface area (Å²) < 4.78 is 6.20. The first-order valence-corrected chi connectivity index (χ1v) is 16.8. The zero-order valence-electron chi connectivity index (χ0n) is 25.6. The van der Waals surface area contributed by atoms with Crippen LogP contribution in [0.5, 0.6) is 0 Å². The van der Waals surface area contributed by atoms with Crippen LogP contribution in [0.15, 0.2) is 126 Å². The fourth-order valence-electron chi connectivity index (χ4n) is 8.22. The fraction of sp³-hybridized carbons (Fsp3) is 0.286. The number of rotatable bonds is 6. The summed E-state index contributed by atoms with van der Waals surface area (Å²) in [4.78, 5) is 2.42. The first-order valence-electron chi connectivity index (χ1n) is 16.8. The van der Waals surface area contributed by atoms with Crippen molar-refractivity contribution in [2.45, 2.75) is 75.5 Å². The Kier molecular flexibility index (Phi) is 7.22. The van der Waals surface area contributed by atoms with Gasteiger partial charge in [0.2, 0.25) is 0 Å². The smallest absolute Gasteiger partial charge is 0.135 e. The predicted molar refractivity (Wildman–Crippen MR) is 185 cm³/mol. The third-order valence-electron chi connectivity index (χ3n) is 10.6. The van der Waals surface area contributed by atoms with Crippen LogP contribution in [0, 0.1) is 0 Å². The maximum Gasteiger partial charge on any atom is 0.135 e. The predicted octanol–water partition coefficient (Wildman–Crippen LogP) is 12.4. The minimum Gasteiger partial charge on any atom is -0.456 e. The molecule has 44 heavy (non-hydrogen) atoms. The lowest BCUT2D eigenvalue weighted by Crippen LogP contribution is -2.30. The number of nitrogens with zero attached hydrogens (tertiary/aromatic N) is 1. The summed E-state index contributed by atoms with van der Waals surface area (Å²) in [6.07, 6.45) is 13.1. The van der Waals surface area contributed by atoms with Crippen LogP contribution in [0.4, 0.5) is 17.1 Å². The molecule has 8 rings (SSSR count). The van der Waals surface area contributed by atoms with Crippen molar-refractivity contribution < 1.29 is 4.42 Å². The molecule has 1 heterocycles. The Morgan fingerprint density at radius 1 is 0.500 bits per heavy atom. The van der Waals surface area contributed by atoms with E-state index in [9.17, 15) is 0 Å². The van der Waals surface area contributed by atoms with Gasteiger partial charge in [0.15, 0.2) is 0 Å². The molecule has 0 N–H and O–H groups in total. The molecule has 0 radical (unpaired) electrons. The summed E-state index contributed by atoms with van der Waals surface area (Å²) in [6, 6.07) is 45.2. The SMILES string of the molecule is c1ccc(C2(c3ccc(N(c4ccc(C5CCCCC5)cc4)c4ccc5oc6ccccc6c5c4)cc3)CCCCC2)cc1. The van der Waals surface area contributed by atoms with E-state index in [0.717, 1.165) is 27.6 Å². The molecular weight excluding hydrogens is 534 g/mol. The summed E-state index contributed by atoms with van der Waals surface area (Å²) >= 11 is 0. The highest BCUT2D eigenvalue weighted by molar-refractivity contribution is 6.06. The fourth-order valence-corrected chi connectivity index (χ4v) is 8.22. The van der Waals surface area contributed by atoms with E-state index in [2.05, 4.69) is 120 Å². The number of hydrogen-bond donors (Lipinski definition) is 0. The molecule has 0 unspecified atom stereocenters. The third kappa shape index (κ3) is 4.91. The zero-order chi connectivity index (χ0) is 29.3. The van der Waals surface area contributed by atoms with E-state index in [-0.39, 0.29) is 5.41 Å². The molecule has 1 aromatic heterocycles. The van der Waals surface area contributed by atoms with Crippen molar-refractivity contribution in [2.75, 3.05) is 4.90 Å². The molecule has 0 spiro atoms. The summed E-state index contributed by atoms with van der Waals surface area (Å²) in [7, 11) is 0. The normalized spacial score (nSPS) is 17.2. The van der Waals surface area contributed by atoms with E-state index in [4.69, 9.17) is 4.42 Å². The summed E-state index contributed by atoms with van der Waals surface area (Å²) in [5.74, 6) is 0.698. The van der Waals surface area contributed by atoms with Gasteiger partial charge in [-0.25, -0.2) is 0 Å². The second-order valence-corrected chi connectivity index (χ2v) is 13.1. The Hall–Kier alpha value is -4.30. The molecule has 2 saturated carbocycles. The number of para-hydroxylation sites is 1. The monoisotopic (exact) mass is 575 g/mol. The van der Waals surface area contributed by atoms with E-state index < -0.39 is 0 Å². The first-order chi connectivity index (χ1) is 21.8. The Morgan fingerprint density at radius 3 is 1.84 bits per heavy atom. The van der Waals surface area contributed by atoms with Crippen LogP contribution in [-0.4, -0.2) is 0 Å². The molecule has 5 aromatic carbocycles. The van der Waals surface area contributed by atoms with E-state index in [1.807, 2.05) is 6.07 Å². The van der Waals surface area contributed by atoms with Gasteiger partial charge < -0.3 is 9.32 Å². The van der Waals surface area contributed by atoms with Crippen molar-refractivity contribution >= 4 is 39.0 Å². The van der Waals surface area contributed by atoms with Crippen LogP contribution >= 0.6 is 0 Å². The molecule has 2 aliphatic rings. The highest BCUT2D eigenvalue weighted by atomic mass is 16.3. The highest BCUT2D eigenvalue weighted by Gasteiger charge is 2.35. The van der Waals surface area contributed by atoms with Gasteiger partial charge in [-0.15, -0.1) is 0 Å². The molecule has 0 amide bonds. The Bertz CT molecular complexity index is 1850. The summed E-state index contributed by atoms with van der Waals surface area (Å²) in [6.45, 7) is 0. The number of hydrogen-bond acceptors (Lipinski definition) is 2. The number of benzene rings is 5. The first kappa shape index (κ1) is 27.3. The van der Waals surface area contributed by atoms with Gasteiger partial charge in [-0.05, 0) is 96.8 Å². The lowest BCUT2D eigenvalue weighted by atomic mass is 9.65. The highest BCUT2D eigenvalue weighted by Crippen LogP contribution is 2.46. The van der Waals surface area contributed by atoms with Gasteiger partial charge in [-0.2, -0.15) is 0 Å². The van der Waals surface area contributed by atoms with Crippen molar-refractivity contribution in [2.24, 2.45) is 0 Å². The number of anilines is 3. The van der Waals surface area contributed by atoms with Crippen molar-refractivity contribution in [3.8, 4) is 0 Å². The molecule has 0 saturated heterocycles. The van der Waals surface area contributed by atoms with E-state index >= 15 is 0 Å². The minimum atomic E-state index is 0.0964. The van der Waals surface area contributed by atoms with Crippen molar-refractivity contribution in [3.63, 3.8) is 0 Å². The molecule has 6 aromatic rings. The van der Waals surface area contributed by atoms with Gasteiger partial charge in [0.05, 0.1) is 0 Å². The van der Waals surface area contributed by atoms with Crippen LogP contribution in [0.1, 0.15) is 86.8 Å². The molecule has 2 heteroatoms. The molecule has 2 aliphatic carbocycles. The van der Waals surface area contributed by atoms with Crippen LogP contribution in [0.2, 0.25) is 0 Å². The summed E-state index contributed by atoms with van der Waals surface area (Å²) in [5.41, 5.74) is 9.88. The van der Waals surface area contributed by atoms with Gasteiger partial charge in [0, 0.05) is 33.2 Å². The number of furan rings is 1. The largest absolute Gasteiger partial charge is 0.456 e. The summed E-state index contributed by atoms with van der Waals surface area (Å²) in [5, 5.41) is 2.32. The van der Waals surface area contributed by atoms with E-state index in [0.29, 0.717) is 5.92 Å². The molecule has 2 nitrogen and oxygen atoms in total. The molecule has 220 valence electrons. The van der Waals surface area contributed by atoms with Crippen molar-refractivity contribution in [1.29, 1.82) is 0 Å². The quantitative estimate of drug-likeness (QED) is 0.196. The molecule has 0 aliphatic heterocycles. The molecule has 0 atom stereocenters. The maximum absolute atomic E-state index is 6.20. The lowest BCUT2D eigenvalue weighted by molar-refractivity contribution is 0.346. The Labute approximate surface area is 261 Å². The lowest BCUT2D eigenvalue weighted by Gasteiger charge is -2.39. The van der Waals surface area contributed by atoms with E-state index in [1.165, 1.54) is 92.3 Å². The van der Waals surface area contributed by atoms with Gasteiger partial charge in [0.25, 0.3) is 0 Å². The van der Waals surface area contributed by atoms with Gasteiger partial charge in [-0.3, -0.25) is 0 Å². The van der Waals surface area contributed by atoms with Gasteiger partial charge in [-0.1, -0.05) is 111 Å². The average molecular weight is 576 g/mol. The van der Waals surface area contributed by atoms with Crippen LogP contribution in [-0.2, 0) is 5.41 Å². The second-order valence-electron chi connectivity index (χ2n) is 13.1. The minimum absolute atomic E-state index is 0.0964. The Balaban J connectivity index is 1.22. The Morgan fingerprint density at radius 2 is 1.09 bits per heavy atom. The van der Waals surface area contributed by atoms with Gasteiger partial charge in [0.1, 0.15) is 11.2 Å². The maximum atomic E-state index is 6.20. The average Bonchev–Trinajstić information content (AvgIpc) is 3.48. The molecular formula is C42H41NO. The molecule has 2 fully saturated rings. The van der Waals surface area contributed by atoms with Crippen LogP contribution < -0.4 is 4.90 Å².